The molecule has 7 heteroatoms. The van der Waals surface area contributed by atoms with Crippen molar-refractivity contribution in [2.24, 2.45) is 0 Å². The number of amides is 1. The van der Waals surface area contributed by atoms with Gasteiger partial charge in [0.25, 0.3) is 0 Å². The maximum Gasteiger partial charge on any atom is 0.336 e. The van der Waals surface area contributed by atoms with Crippen LogP contribution < -0.4 is 14.8 Å². The molecule has 2 heterocycles. The van der Waals surface area contributed by atoms with E-state index in [0.717, 1.165) is 16.2 Å². The van der Waals surface area contributed by atoms with Crippen LogP contribution in [-0.4, -0.2) is 36.7 Å². The monoisotopic (exact) mass is 347 g/mol. The topological polar surface area (TPSA) is 84.9 Å². The van der Waals surface area contributed by atoms with Crippen LogP contribution in [0.2, 0.25) is 0 Å². The molecule has 126 valence electrons. The fourth-order valence-corrected chi connectivity index (χ4v) is 3.53. The van der Waals surface area contributed by atoms with Crippen LogP contribution in [0.5, 0.6) is 11.5 Å². The summed E-state index contributed by atoms with van der Waals surface area (Å²) in [6.07, 6.45) is 0.836. The second-order valence-corrected chi connectivity index (χ2v) is 6.51. The molecule has 1 atom stereocenters. The van der Waals surface area contributed by atoms with Crippen LogP contribution in [0.25, 0.3) is 0 Å². The van der Waals surface area contributed by atoms with Crippen molar-refractivity contribution >= 4 is 23.2 Å². The number of methoxy groups -OCH3 is 1. The van der Waals surface area contributed by atoms with Crippen molar-refractivity contribution in [2.75, 3.05) is 13.7 Å². The quantitative estimate of drug-likeness (QED) is 0.865. The summed E-state index contributed by atoms with van der Waals surface area (Å²) < 4.78 is 11.0. The predicted molar refractivity (Wildman–Crippen MR) is 89.1 cm³/mol. The Morgan fingerprint density at radius 1 is 1.46 bits per heavy atom. The number of hydrogen-bond donors (Lipinski definition) is 2. The molecular formula is C17H17NO5S. The molecule has 0 spiro atoms. The summed E-state index contributed by atoms with van der Waals surface area (Å²) in [5.74, 6) is 0.296. The number of fused-ring (bicyclic) bond motifs is 1. The number of nitrogens with one attached hydrogen (secondary N) is 1. The number of carbonyl (C=O) groups is 2. The van der Waals surface area contributed by atoms with Crippen LogP contribution in [0, 0.1) is 0 Å². The van der Waals surface area contributed by atoms with Gasteiger partial charge in [-0.15, -0.1) is 11.3 Å². The average molecular weight is 347 g/mol. The van der Waals surface area contributed by atoms with Gasteiger partial charge in [0, 0.05) is 15.8 Å². The summed E-state index contributed by atoms with van der Waals surface area (Å²) in [5, 5.41) is 13.4. The molecule has 24 heavy (non-hydrogen) atoms. The zero-order valence-electron chi connectivity index (χ0n) is 13.1. The highest BCUT2D eigenvalue weighted by Gasteiger charge is 2.24. The Morgan fingerprint density at radius 3 is 3.00 bits per heavy atom. The zero-order valence-corrected chi connectivity index (χ0v) is 13.9. The van der Waals surface area contributed by atoms with Crippen molar-refractivity contribution in [3.8, 4) is 11.5 Å². The van der Waals surface area contributed by atoms with Gasteiger partial charge < -0.3 is 19.9 Å². The van der Waals surface area contributed by atoms with E-state index in [-0.39, 0.29) is 23.9 Å². The molecular weight excluding hydrogens is 330 g/mol. The number of para-hydroxylation sites is 1. The van der Waals surface area contributed by atoms with E-state index in [9.17, 15) is 9.59 Å². The van der Waals surface area contributed by atoms with Crippen LogP contribution in [0.15, 0.2) is 29.6 Å². The summed E-state index contributed by atoms with van der Waals surface area (Å²) in [5.41, 5.74) is 1.21. The zero-order chi connectivity index (χ0) is 17.1. The Morgan fingerprint density at radius 2 is 2.29 bits per heavy atom. The van der Waals surface area contributed by atoms with Crippen molar-refractivity contribution < 1.29 is 24.2 Å². The Kier molecular flexibility index (Phi) is 4.71. The third-order valence-corrected chi connectivity index (χ3v) is 4.71. The van der Waals surface area contributed by atoms with Crippen molar-refractivity contribution in [3.05, 3.63) is 45.6 Å². The number of aromatic carboxylic acids is 1. The first kappa shape index (κ1) is 16.3. The maximum atomic E-state index is 12.2. The third kappa shape index (κ3) is 3.51. The standard InChI is InChI=1S/C17H17NO5S/c1-22-14-4-2-3-10-5-12(8-23-16(10)14)18-15(19)7-13-6-11(9-24-13)17(20)21/h2-4,6,9,12H,5,7-8H2,1H3,(H,18,19)(H,20,21). The lowest BCUT2D eigenvalue weighted by atomic mass is 10.0. The van der Waals surface area contributed by atoms with E-state index < -0.39 is 5.97 Å². The fourth-order valence-electron chi connectivity index (χ4n) is 2.67. The van der Waals surface area contributed by atoms with Gasteiger partial charge in [0.1, 0.15) is 6.61 Å². The Labute approximate surface area is 143 Å². The molecule has 0 fully saturated rings. The first-order chi connectivity index (χ1) is 11.6. The van der Waals surface area contributed by atoms with Crippen LogP contribution in [0.4, 0.5) is 0 Å². The van der Waals surface area contributed by atoms with E-state index in [0.29, 0.717) is 18.8 Å². The second kappa shape index (κ2) is 6.92. The smallest absolute Gasteiger partial charge is 0.336 e. The lowest BCUT2D eigenvalue weighted by molar-refractivity contribution is -0.121. The molecule has 1 aliphatic rings. The predicted octanol–water partition coefficient (Wildman–Crippen LogP) is 2.12. The molecule has 2 N–H and O–H groups in total. The van der Waals surface area contributed by atoms with E-state index in [2.05, 4.69) is 5.32 Å². The van der Waals surface area contributed by atoms with Gasteiger partial charge in [-0.25, -0.2) is 4.79 Å². The Balaban J connectivity index is 1.60. The minimum absolute atomic E-state index is 0.115. The summed E-state index contributed by atoms with van der Waals surface area (Å²) in [7, 11) is 1.60. The first-order valence-corrected chi connectivity index (χ1v) is 8.33. The second-order valence-electron chi connectivity index (χ2n) is 5.51. The molecule has 1 aromatic carbocycles. The molecule has 1 aliphatic heterocycles. The van der Waals surface area contributed by atoms with Gasteiger partial charge in [-0.3, -0.25) is 4.79 Å². The Bertz CT molecular complexity index is 770. The number of rotatable bonds is 5. The number of thiophene rings is 1. The van der Waals surface area contributed by atoms with Crippen LogP contribution >= 0.6 is 11.3 Å². The van der Waals surface area contributed by atoms with E-state index in [1.165, 1.54) is 22.8 Å². The highest BCUT2D eigenvalue weighted by atomic mass is 32.1. The number of ether oxygens (including phenoxy) is 2. The van der Waals surface area contributed by atoms with Crippen LogP contribution in [0.1, 0.15) is 20.8 Å². The Hall–Kier alpha value is -2.54. The normalized spacial score (nSPS) is 16.0. The molecule has 0 saturated heterocycles. The molecule has 0 radical (unpaired) electrons. The SMILES string of the molecule is COc1cccc2c1OCC(NC(=O)Cc1cc(C(=O)O)cs1)C2. The maximum absolute atomic E-state index is 12.2. The number of benzene rings is 1. The first-order valence-electron chi connectivity index (χ1n) is 7.45. The molecule has 1 unspecified atom stereocenters. The van der Waals surface area contributed by atoms with Crippen molar-refractivity contribution in [1.82, 2.24) is 5.32 Å². The lowest BCUT2D eigenvalue weighted by Gasteiger charge is -2.27. The van der Waals surface area contributed by atoms with Gasteiger partial charge in [0.2, 0.25) is 5.91 Å². The van der Waals surface area contributed by atoms with Gasteiger partial charge in [-0.05, 0) is 18.6 Å². The molecule has 6 nitrogen and oxygen atoms in total. The summed E-state index contributed by atoms with van der Waals surface area (Å²) >= 11 is 1.27. The van der Waals surface area contributed by atoms with Gasteiger partial charge in [0.15, 0.2) is 11.5 Å². The number of carboxylic acids is 1. The van der Waals surface area contributed by atoms with Crippen LogP contribution in [0.3, 0.4) is 0 Å². The van der Waals surface area contributed by atoms with Crippen molar-refractivity contribution in [3.63, 3.8) is 0 Å². The average Bonchev–Trinajstić information content (AvgIpc) is 3.02. The molecule has 0 bridgehead atoms. The summed E-state index contributed by atoms with van der Waals surface area (Å²) in [4.78, 5) is 23.8. The highest BCUT2D eigenvalue weighted by molar-refractivity contribution is 7.10. The molecule has 0 aliphatic carbocycles. The van der Waals surface area contributed by atoms with Gasteiger partial charge in [0.05, 0.1) is 25.1 Å². The van der Waals surface area contributed by atoms with Crippen LogP contribution in [-0.2, 0) is 17.6 Å². The molecule has 2 aromatic rings. The van der Waals surface area contributed by atoms with E-state index >= 15 is 0 Å². The summed E-state index contributed by atoms with van der Waals surface area (Å²) in [6.45, 7) is 0.379. The van der Waals surface area contributed by atoms with E-state index in [4.69, 9.17) is 14.6 Å². The van der Waals surface area contributed by atoms with Gasteiger partial charge in [-0.1, -0.05) is 12.1 Å². The van der Waals surface area contributed by atoms with E-state index in [1.54, 1.807) is 7.11 Å². The van der Waals surface area contributed by atoms with Gasteiger partial charge in [-0.2, -0.15) is 0 Å². The van der Waals surface area contributed by atoms with Gasteiger partial charge >= 0.3 is 5.97 Å². The number of hydrogen-bond acceptors (Lipinski definition) is 5. The van der Waals surface area contributed by atoms with Crippen molar-refractivity contribution in [1.29, 1.82) is 0 Å². The minimum atomic E-state index is -0.982. The fraction of sp³-hybridized carbons (Fsp3) is 0.294. The van der Waals surface area contributed by atoms with Crippen molar-refractivity contribution in [2.45, 2.75) is 18.9 Å². The molecule has 1 aromatic heterocycles. The molecule has 0 saturated carbocycles. The highest BCUT2D eigenvalue weighted by Crippen LogP contribution is 2.34. The number of carbonyl (C=O) groups excluding carboxylic acids is 1. The molecule has 1 amide bonds. The summed E-state index contributed by atoms with van der Waals surface area (Å²) in [6, 6.07) is 7.11. The minimum Gasteiger partial charge on any atom is -0.493 e. The third-order valence-electron chi connectivity index (χ3n) is 3.78. The number of carboxylic acid groups (broad SMARTS) is 1. The van der Waals surface area contributed by atoms with E-state index in [1.807, 2.05) is 18.2 Å². The largest absolute Gasteiger partial charge is 0.493 e. The molecule has 3 rings (SSSR count). The lowest BCUT2D eigenvalue weighted by Crippen LogP contribution is -2.43.